The third-order valence-corrected chi connectivity index (χ3v) is 3.38. The fraction of sp³-hybridized carbons (Fsp3) is 0.429. The first-order valence-electron chi connectivity index (χ1n) is 6.32. The number of nitrogens with two attached hydrogens (primary N) is 1. The van der Waals surface area contributed by atoms with E-state index in [4.69, 9.17) is 10.5 Å². The van der Waals surface area contributed by atoms with Crippen LogP contribution in [0.5, 0.6) is 5.75 Å². The van der Waals surface area contributed by atoms with Gasteiger partial charge in [0.1, 0.15) is 12.4 Å². The average Bonchev–Trinajstić information content (AvgIpc) is 2.72. The van der Waals surface area contributed by atoms with Crippen LogP contribution in [0.2, 0.25) is 0 Å². The molecule has 4 nitrogen and oxygen atoms in total. The molecule has 1 aromatic heterocycles. The van der Waals surface area contributed by atoms with Gasteiger partial charge >= 0.3 is 0 Å². The van der Waals surface area contributed by atoms with Gasteiger partial charge in [0.25, 0.3) is 0 Å². The minimum atomic E-state index is -0.403. The van der Waals surface area contributed by atoms with E-state index in [-0.39, 0.29) is 6.04 Å². The van der Waals surface area contributed by atoms with Gasteiger partial charge < -0.3 is 20.1 Å². The van der Waals surface area contributed by atoms with Gasteiger partial charge in [-0.05, 0) is 25.1 Å². The first-order chi connectivity index (χ1) is 8.65. The van der Waals surface area contributed by atoms with Gasteiger partial charge in [0, 0.05) is 41.7 Å². The summed E-state index contributed by atoms with van der Waals surface area (Å²) in [6.07, 6.45) is 2.31. The third kappa shape index (κ3) is 1.87. The number of hydrogen-bond acceptors (Lipinski definition) is 3. The smallest absolute Gasteiger partial charge is 0.123 e. The fourth-order valence-corrected chi connectivity index (χ4v) is 2.61. The highest BCUT2D eigenvalue weighted by molar-refractivity contribution is 5.86. The zero-order chi connectivity index (χ0) is 12.7. The second-order valence-corrected chi connectivity index (χ2v) is 5.09. The van der Waals surface area contributed by atoms with Gasteiger partial charge in [0.2, 0.25) is 0 Å². The molecule has 0 aliphatic carbocycles. The number of benzene rings is 1. The lowest BCUT2D eigenvalue weighted by molar-refractivity contribution is 0.0927. The second kappa shape index (κ2) is 4.30. The van der Waals surface area contributed by atoms with Crippen molar-refractivity contribution in [3.8, 4) is 5.75 Å². The molecule has 1 aliphatic heterocycles. The molecule has 4 heteroatoms. The molecule has 0 bridgehead atoms. The molecule has 2 heterocycles. The van der Waals surface area contributed by atoms with Gasteiger partial charge in [-0.1, -0.05) is 0 Å². The molecular weight excluding hydrogens is 228 g/mol. The molecule has 0 radical (unpaired) electrons. The Morgan fingerprint density at radius 2 is 2.33 bits per heavy atom. The summed E-state index contributed by atoms with van der Waals surface area (Å²) in [4.78, 5) is 0. The Kier molecular flexibility index (Phi) is 2.76. The van der Waals surface area contributed by atoms with Crippen molar-refractivity contribution in [3.63, 3.8) is 0 Å². The summed E-state index contributed by atoms with van der Waals surface area (Å²) in [7, 11) is 0. The summed E-state index contributed by atoms with van der Waals surface area (Å²) < 4.78 is 7.70. The Balaban J connectivity index is 2.10. The van der Waals surface area contributed by atoms with Gasteiger partial charge in [0.15, 0.2) is 0 Å². The van der Waals surface area contributed by atoms with Gasteiger partial charge in [-0.2, -0.15) is 0 Å². The summed E-state index contributed by atoms with van der Waals surface area (Å²) in [5, 5.41) is 10.9. The van der Waals surface area contributed by atoms with Crippen LogP contribution in [0.4, 0.5) is 0 Å². The lowest BCUT2D eigenvalue weighted by Gasteiger charge is -2.22. The van der Waals surface area contributed by atoms with Crippen molar-refractivity contribution in [2.45, 2.75) is 32.0 Å². The van der Waals surface area contributed by atoms with Crippen LogP contribution in [0.3, 0.4) is 0 Å². The van der Waals surface area contributed by atoms with E-state index in [0.717, 1.165) is 28.8 Å². The first kappa shape index (κ1) is 11.6. The summed E-state index contributed by atoms with van der Waals surface area (Å²) in [6, 6.07) is 6.26. The maximum absolute atomic E-state index is 9.72. The molecule has 0 fully saturated rings. The van der Waals surface area contributed by atoms with Crippen molar-refractivity contribution >= 4 is 10.9 Å². The summed E-state index contributed by atoms with van der Waals surface area (Å²) >= 11 is 0. The maximum Gasteiger partial charge on any atom is 0.123 e. The zero-order valence-corrected chi connectivity index (χ0v) is 10.5. The monoisotopic (exact) mass is 246 g/mol. The molecule has 3 N–H and O–H groups in total. The largest absolute Gasteiger partial charge is 0.491 e. The van der Waals surface area contributed by atoms with Crippen LogP contribution in [0, 0.1) is 0 Å². The van der Waals surface area contributed by atoms with E-state index < -0.39 is 6.10 Å². The van der Waals surface area contributed by atoms with Crippen LogP contribution in [0.15, 0.2) is 24.4 Å². The molecule has 1 aliphatic rings. The van der Waals surface area contributed by atoms with Gasteiger partial charge in [0.05, 0.1) is 6.10 Å². The number of aromatic nitrogens is 1. The minimum absolute atomic E-state index is 0.124. The van der Waals surface area contributed by atoms with E-state index >= 15 is 0 Å². The summed E-state index contributed by atoms with van der Waals surface area (Å²) in [6.45, 7) is 3.18. The molecule has 2 unspecified atom stereocenters. The van der Waals surface area contributed by atoms with Crippen LogP contribution < -0.4 is 10.5 Å². The second-order valence-electron chi connectivity index (χ2n) is 5.09. The van der Waals surface area contributed by atoms with E-state index in [2.05, 4.69) is 22.9 Å². The van der Waals surface area contributed by atoms with Crippen molar-refractivity contribution in [1.82, 2.24) is 4.57 Å². The number of aliphatic hydroxyl groups is 1. The summed E-state index contributed by atoms with van der Waals surface area (Å²) in [5.74, 6) is 0.895. The number of hydrogen-bond donors (Lipinski definition) is 2. The Hall–Kier alpha value is -1.52. The number of aliphatic hydroxyl groups excluding tert-OH is 1. The third-order valence-electron chi connectivity index (χ3n) is 3.38. The Labute approximate surface area is 106 Å². The summed E-state index contributed by atoms with van der Waals surface area (Å²) in [5.41, 5.74) is 8.11. The normalized spacial score (nSPS) is 20.5. The Bertz CT molecular complexity index is 574. The SMILES string of the molecule is CC(N)Cn1ccc2c3c(ccc21)OCC(O)C3. The van der Waals surface area contributed by atoms with E-state index in [1.807, 2.05) is 13.0 Å². The molecule has 3 rings (SSSR count). The molecule has 18 heavy (non-hydrogen) atoms. The quantitative estimate of drug-likeness (QED) is 0.839. The Morgan fingerprint density at radius 3 is 3.11 bits per heavy atom. The predicted molar refractivity (Wildman–Crippen MR) is 70.8 cm³/mol. The average molecular weight is 246 g/mol. The molecule has 0 saturated heterocycles. The highest BCUT2D eigenvalue weighted by Gasteiger charge is 2.20. The molecule has 0 saturated carbocycles. The molecule has 1 aromatic carbocycles. The van der Waals surface area contributed by atoms with Crippen molar-refractivity contribution in [3.05, 3.63) is 30.0 Å². The van der Waals surface area contributed by atoms with Crippen molar-refractivity contribution in [1.29, 1.82) is 0 Å². The van der Waals surface area contributed by atoms with Crippen LogP contribution in [-0.4, -0.2) is 28.4 Å². The fourth-order valence-electron chi connectivity index (χ4n) is 2.61. The van der Waals surface area contributed by atoms with Crippen molar-refractivity contribution in [2.75, 3.05) is 6.61 Å². The van der Waals surface area contributed by atoms with E-state index in [9.17, 15) is 5.11 Å². The standard InChI is InChI=1S/C14H18N2O2/c1-9(15)7-16-5-4-11-12-6-10(17)8-18-14(12)3-2-13(11)16/h2-5,9-10,17H,6-8,15H2,1H3. The first-order valence-corrected chi connectivity index (χ1v) is 6.32. The molecule has 2 aromatic rings. The van der Waals surface area contributed by atoms with E-state index in [1.54, 1.807) is 0 Å². The lowest BCUT2D eigenvalue weighted by atomic mass is 10.0. The predicted octanol–water partition coefficient (Wildman–Crippen LogP) is 1.28. The van der Waals surface area contributed by atoms with Crippen molar-refractivity contribution in [2.24, 2.45) is 5.73 Å². The molecular formula is C14H18N2O2. The van der Waals surface area contributed by atoms with Crippen LogP contribution in [-0.2, 0) is 13.0 Å². The van der Waals surface area contributed by atoms with Crippen LogP contribution in [0.1, 0.15) is 12.5 Å². The number of nitrogens with zero attached hydrogens (tertiary/aromatic N) is 1. The van der Waals surface area contributed by atoms with Crippen molar-refractivity contribution < 1.29 is 9.84 Å². The molecule has 0 spiro atoms. The topological polar surface area (TPSA) is 60.4 Å². The highest BCUT2D eigenvalue weighted by atomic mass is 16.5. The highest BCUT2D eigenvalue weighted by Crippen LogP contribution is 2.32. The van der Waals surface area contributed by atoms with Crippen LogP contribution >= 0.6 is 0 Å². The maximum atomic E-state index is 9.72. The lowest BCUT2D eigenvalue weighted by Crippen LogP contribution is -2.25. The minimum Gasteiger partial charge on any atom is -0.491 e. The number of fused-ring (bicyclic) bond motifs is 3. The Morgan fingerprint density at radius 1 is 1.50 bits per heavy atom. The molecule has 96 valence electrons. The van der Waals surface area contributed by atoms with Gasteiger partial charge in [-0.3, -0.25) is 0 Å². The molecule has 2 atom stereocenters. The molecule has 0 amide bonds. The van der Waals surface area contributed by atoms with E-state index in [0.29, 0.717) is 13.0 Å². The van der Waals surface area contributed by atoms with E-state index in [1.165, 1.54) is 0 Å². The van der Waals surface area contributed by atoms with Gasteiger partial charge in [-0.15, -0.1) is 0 Å². The zero-order valence-electron chi connectivity index (χ0n) is 10.5. The van der Waals surface area contributed by atoms with Crippen LogP contribution in [0.25, 0.3) is 10.9 Å². The number of rotatable bonds is 2. The van der Waals surface area contributed by atoms with Gasteiger partial charge in [-0.25, -0.2) is 0 Å². The number of ether oxygens (including phenoxy) is 1.